The number of ketones is 1. The minimum Gasteiger partial charge on any atom is -0.457 e. The first kappa shape index (κ1) is 19.2. The third kappa shape index (κ3) is 7.10. The second-order valence-corrected chi connectivity index (χ2v) is 6.82. The van der Waals surface area contributed by atoms with E-state index >= 15 is 0 Å². The number of Topliss-reactive ketones (excluding diaryl/α,β-unsaturated/α-hetero) is 1. The Morgan fingerprint density at radius 3 is 2.24 bits per heavy atom. The summed E-state index contributed by atoms with van der Waals surface area (Å²) in [5.41, 5.74) is 1.25. The third-order valence-electron chi connectivity index (χ3n) is 4.28. The van der Waals surface area contributed by atoms with Gasteiger partial charge >= 0.3 is 0 Å². The van der Waals surface area contributed by atoms with Crippen molar-refractivity contribution < 1.29 is 14.6 Å². The van der Waals surface area contributed by atoms with Crippen molar-refractivity contribution in [1.82, 2.24) is 0 Å². The van der Waals surface area contributed by atoms with Crippen LogP contribution in [-0.4, -0.2) is 17.0 Å². The molecule has 0 aliphatic heterocycles. The largest absolute Gasteiger partial charge is 0.457 e. The average Bonchev–Trinajstić information content (AvgIpc) is 2.61. The smallest absolute Gasteiger partial charge is 0.135 e. The molecular formula is C22H28O3. The summed E-state index contributed by atoms with van der Waals surface area (Å²) in [6.45, 7) is 3.87. The summed E-state index contributed by atoms with van der Waals surface area (Å²) in [6.07, 6.45) is 3.12. The zero-order valence-corrected chi connectivity index (χ0v) is 15.2. The number of benzene rings is 2. The Kier molecular flexibility index (Phi) is 7.68. The molecule has 0 aliphatic carbocycles. The lowest BCUT2D eigenvalue weighted by Crippen LogP contribution is -2.19. The average molecular weight is 340 g/mol. The van der Waals surface area contributed by atoms with Gasteiger partial charge < -0.3 is 9.84 Å². The van der Waals surface area contributed by atoms with Gasteiger partial charge in [0.05, 0.1) is 6.10 Å². The van der Waals surface area contributed by atoms with Crippen LogP contribution < -0.4 is 4.74 Å². The third-order valence-corrected chi connectivity index (χ3v) is 4.28. The van der Waals surface area contributed by atoms with E-state index in [0.717, 1.165) is 30.8 Å². The van der Waals surface area contributed by atoms with Gasteiger partial charge in [-0.25, -0.2) is 0 Å². The molecule has 0 bridgehead atoms. The number of rotatable bonds is 10. The lowest BCUT2D eigenvalue weighted by Gasteiger charge is -2.13. The molecule has 0 amide bonds. The number of carbonyl (C=O) groups is 1. The van der Waals surface area contributed by atoms with E-state index < -0.39 is 6.10 Å². The molecule has 3 nitrogen and oxygen atoms in total. The van der Waals surface area contributed by atoms with Crippen LogP contribution in [-0.2, 0) is 11.2 Å². The lowest BCUT2D eigenvalue weighted by atomic mass is 9.98. The second-order valence-electron chi connectivity index (χ2n) is 6.82. The van der Waals surface area contributed by atoms with Gasteiger partial charge in [0, 0.05) is 12.8 Å². The zero-order chi connectivity index (χ0) is 18.1. The highest BCUT2D eigenvalue weighted by molar-refractivity contribution is 5.78. The normalized spacial score (nSPS) is 12.2. The van der Waals surface area contributed by atoms with Crippen molar-refractivity contribution in [2.75, 3.05) is 0 Å². The van der Waals surface area contributed by atoms with Gasteiger partial charge in [0.25, 0.3) is 0 Å². The Bertz CT molecular complexity index is 632. The van der Waals surface area contributed by atoms with Crippen LogP contribution in [0.3, 0.4) is 0 Å². The highest BCUT2D eigenvalue weighted by Crippen LogP contribution is 2.21. The van der Waals surface area contributed by atoms with Crippen molar-refractivity contribution in [3.8, 4) is 11.5 Å². The SMILES string of the molecule is CC(C)C(O)CC(=O)CCCCc1ccc(Oc2ccccc2)cc1. The fourth-order valence-corrected chi connectivity index (χ4v) is 2.57. The molecule has 0 saturated heterocycles. The van der Waals surface area contributed by atoms with E-state index in [-0.39, 0.29) is 18.1 Å². The van der Waals surface area contributed by atoms with Crippen LogP contribution in [0.4, 0.5) is 0 Å². The van der Waals surface area contributed by atoms with Gasteiger partial charge in [-0.05, 0) is 55.0 Å². The molecule has 25 heavy (non-hydrogen) atoms. The van der Waals surface area contributed by atoms with Crippen LogP contribution in [0.2, 0.25) is 0 Å². The molecule has 2 aromatic carbocycles. The van der Waals surface area contributed by atoms with Crippen molar-refractivity contribution in [1.29, 1.82) is 0 Å². The molecular weight excluding hydrogens is 312 g/mol. The Balaban J connectivity index is 1.69. The minimum absolute atomic E-state index is 0.139. The number of aliphatic hydroxyl groups excluding tert-OH is 1. The monoisotopic (exact) mass is 340 g/mol. The fraction of sp³-hybridized carbons (Fsp3) is 0.409. The number of hydrogen-bond donors (Lipinski definition) is 1. The molecule has 0 spiro atoms. The number of carbonyl (C=O) groups excluding carboxylic acids is 1. The minimum atomic E-state index is -0.510. The van der Waals surface area contributed by atoms with Crippen molar-refractivity contribution in [3.63, 3.8) is 0 Å². The first-order chi connectivity index (χ1) is 12.0. The van der Waals surface area contributed by atoms with Crippen LogP contribution in [0.15, 0.2) is 54.6 Å². The van der Waals surface area contributed by atoms with Gasteiger partial charge in [0.15, 0.2) is 0 Å². The number of aryl methyl sites for hydroxylation is 1. The number of hydrogen-bond acceptors (Lipinski definition) is 3. The maximum absolute atomic E-state index is 11.8. The van der Waals surface area contributed by atoms with Gasteiger partial charge in [-0.1, -0.05) is 44.2 Å². The van der Waals surface area contributed by atoms with E-state index in [1.807, 2.05) is 56.3 Å². The molecule has 0 aliphatic rings. The number of unbranched alkanes of at least 4 members (excludes halogenated alkanes) is 1. The molecule has 1 unspecified atom stereocenters. The van der Waals surface area contributed by atoms with E-state index in [4.69, 9.17) is 4.74 Å². The molecule has 1 N–H and O–H groups in total. The van der Waals surface area contributed by atoms with Crippen molar-refractivity contribution in [2.45, 2.75) is 52.1 Å². The number of aliphatic hydroxyl groups is 1. The lowest BCUT2D eigenvalue weighted by molar-refractivity contribution is -0.121. The van der Waals surface area contributed by atoms with Crippen molar-refractivity contribution >= 4 is 5.78 Å². The quantitative estimate of drug-likeness (QED) is 0.607. The molecule has 134 valence electrons. The summed E-state index contributed by atoms with van der Waals surface area (Å²) in [4.78, 5) is 11.8. The standard InChI is InChI=1S/C22H28O3/c1-17(2)22(24)16-19(23)9-7-6-8-18-12-14-21(15-13-18)25-20-10-4-3-5-11-20/h3-5,10-15,17,22,24H,6-9,16H2,1-2H3. The first-order valence-corrected chi connectivity index (χ1v) is 9.06. The molecule has 0 aromatic heterocycles. The zero-order valence-electron chi connectivity index (χ0n) is 15.2. The number of ether oxygens (including phenoxy) is 1. The Morgan fingerprint density at radius 2 is 1.60 bits per heavy atom. The van der Waals surface area contributed by atoms with Crippen LogP contribution in [0.1, 0.15) is 45.1 Å². The molecule has 2 rings (SSSR count). The summed E-state index contributed by atoms with van der Waals surface area (Å²) in [5, 5.41) is 9.73. The fourth-order valence-electron chi connectivity index (χ4n) is 2.57. The van der Waals surface area contributed by atoms with Crippen LogP contribution in [0, 0.1) is 5.92 Å². The van der Waals surface area contributed by atoms with Gasteiger partial charge in [-0.15, -0.1) is 0 Å². The predicted molar refractivity (Wildman–Crippen MR) is 101 cm³/mol. The second kappa shape index (κ2) is 10.00. The molecule has 0 radical (unpaired) electrons. The number of para-hydroxylation sites is 1. The topological polar surface area (TPSA) is 46.5 Å². The highest BCUT2D eigenvalue weighted by atomic mass is 16.5. The van der Waals surface area contributed by atoms with Crippen molar-refractivity contribution in [3.05, 3.63) is 60.2 Å². The molecule has 0 saturated carbocycles. The Hall–Kier alpha value is -2.13. The Morgan fingerprint density at radius 1 is 0.960 bits per heavy atom. The van der Waals surface area contributed by atoms with Crippen LogP contribution in [0.25, 0.3) is 0 Å². The molecule has 1 atom stereocenters. The van der Waals surface area contributed by atoms with E-state index in [1.54, 1.807) is 0 Å². The first-order valence-electron chi connectivity index (χ1n) is 9.06. The van der Waals surface area contributed by atoms with Gasteiger partial charge in [0.2, 0.25) is 0 Å². The molecule has 2 aromatic rings. The maximum atomic E-state index is 11.8. The molecule has 0 fully saturated rings. The van der Waals surface area contributed by atoms with E-state index in [2.05, 4.69) is 12.1 Å². The maximum Gasteiger partial charge on any atom is 0.135 e. The van der Waals surface area contributed by atoms with Gasteiger partial charge in [-0.3, -0.25) is 4.79 Å². The Labute approximate surface area is 150 Å². The van der Waals surface area contributed by atoms with Crippen molar-refractivity contribution in [2.24, 2.45) is 5.92 Å². The van der Waals surface area contributed by atoms with Gasteiger partial charge in [-0.2, -0.15) is 0 Å². The predicted octanol–water partition coefficient (Wildman–Crippen LogP) is 5.17. The van der Waals surface area contributed by atoms with E-state index in [0.29, 0.717) is 6.42 Å². The summed E-state index contributed by atoms with van der Waals surface area (Å²) < 4.78 is 5.78. The van der Waals surface area contributed by atoms with Crippen LogP contribution in [0.5, 0.6) is 11.5 Å². The van der Waals surface area contributed by atoms with E-state index in [1.165, 1.54) is 5.56 Å². The summed E-state index contributed by atoms with van der Waals surface area (Å²) in [5.74, 6) is 1.96. The summed E-state index contributed by atoms with van der Waals surface area (Å²) >= 11 is 0. The highest BCUT2D eigenvalue weighted by Gasteiger charge is 2.13. The van der Waals surface area contributed by atoms with Gasteiger partial charge in [0.1, 0.15) is 17.3 Å². The summed E-state index contributed by atoms with van der Waals surface area (Å²) in [6, 6.07) is 17.8. The molecule has 0 heterocycles. The molecule has 3 heteroatoms. The van der Waals surface area contributed by atoms with Crippen LogP contribution >= 0.6 is 0 Å². The van der Waals surface area contributed by atoms with E-state index in [9.17, 15) is 9.90 Å². The summed E-state index contributed by atoms with van der Waals surface area (Å²) in [7, 11) is 0.